The number of halogens is 2. The minimum absolute atomic E-state index is 0.0401. The first-order valence-electron chi connectivity index (χ1n) is 31.0. The van der Waals surface area contributed by atoms with Crippen molar-refractivity contribution in [1.82, 2.24) is 0 Å². The second-order valence-corrected chi connectivity index (χ2v) is 32.4. The van der Waals surface area contributed by atoms with Crippen LogP contribution in [-0.4, -0.2) is 67.3 Å². The molecule has 0 aromatic heterocycles. The average Bonchev–Trinajstić information content (AvgIpc) is 0.825. The summed E-state index contributed by atoms with van der Waals surface area (Å²) in [5.41, 5.74) is 10.5. The normalized spacial score (nSPS) is 19.1. The van der Waals surface area contributed by atoms with Gasteiger partial charge in [-0.05, 0) is 241 Å². The molecule has 0 amide bonds. The Morgan fingerprint density at radius 1 is 0.389 bits per heavy atom. The summed E-state index contributed by atoms with van der Waals surface area (Å²) in [5, 5.41) is 36.1. The maximum Gasteiger partial charge on any atom is 0.335 e. The molecule has 6 aromatic rings. The Hall–Kier alpha value is -6.51. The molecular weight excluding hydrogens is 1260 g/mol. The van der Waals surface area contributed by atoms with Gasteiger partial charge in [-0.25, -0.2) is 14.4 Å². The SMILES string of the molecule is CC1(C)CC(C)(C)c2cc(C(=O)O)ccc2O1.CC1(C)CCOc2c(Br)cc(C(=O)O)cc21.Cc1cc(Br)cc2c1OC(C)(C)CC2(C)C.Cc1cc(C(=O)O)cc2c1OC(C)(C)CC2(C)C.Cc1cccc2c1OC(C)(C)CC2(C)C.Cc1ccccc1O. The zero-order valence-electron chi connectivity index (χ0n) is 57.3. The van der Waals surface area contributed by atoms with Crippen LogP contribution in [0.1, 0.15) is 238 Å². The number of phenols is 1. The predicted octanol–water partition coefficient (Wildman–Crippen LogP) is 20.1. The van der Waals surface area contributed by atoms with Gasteiger partial charge >= 0.3 is 17.9 Å². The first kappa shape index (κ1) is 72.6. The minimum atomic E-state index is -0.912. The maximum absolute atomic E-state index is 11.1. The van der Waals surface area contributed by atoms with Crippen LogP contribution in [0.4, 0.5) is 0 Å². The van der Waals surface area contributed by atoms with Crippen molar-refractivity contribution in [3.63, 3.8) is 0 Å². The number of carboxylic acids is 3. The zero-order chi connectivity index (χ0) is 67.9. The molecule has 0 saturated heterocycles. The van der Waals surface area contributed by atoms with Crippen molar-refractivity contribution in [3.05, 3.63) is 173 Å². The number of hydrogen-bond donors (Lipinski definition) is 4. The summed E-state index contributed by atoms with van der Waals surface area (Å²) in [5.74, 6) is 2.27. The number of rotatable bonds is 3. The van der Waals surface area contributed by atoms with Gasteiger partial charge in [0.2, 0.25) is 0 Å². The number of aryl methyl sites for hydroxylation is 4. The molecule has 6 aromatic carbocycles. The third-order valence-corrected chi connectivity index (χ3v) is 18.3. The van der Waals surface area contributed by atoms with Crippen molar-refractivity contribution < 1.29 is 58.5 Å². The summed E-state index contributed by atoms with van der Waals surface area (Å²) in [4.78, 5) is 33.1. The van der Waals surface area contributed by atoms with E-state index in [-0.39, 0.29) is 49.5 Å². The first-order valence-corrected chi connectivity index (χ1v) is 32.6. The number of phenolic OH excluding ortho intramolecular Hbond substituents is 1. The lowest BCUT2D eigenvalue weighted by Gasteiger charge is -2.43. The summed E-state index contributed by atoms with van der Waals surface area (Å²) in [6.07, 6.45) is 4.75. The van der Waals surface area contributed by atoms with E-state index < -0.39 is 17.9 Å². The molecule has 5 aliphatic heterocycles. The highest BCUT2D eigenvalue weighted by Crippen LogP contribution is 2.50. The van der Waals surface area contributed by atoms with Gasteiger partial charge in [-0.15, -0.1) is 0 Å². The molecule has 0 aliphatic carbocycles. The third-order valence-electron chi connectivity index (χ3n) is 17.2. The van der Waals surface area contributed by atoms with Crippen molar-refractivity contribution in [3.8, 4) is 34.5 Å². The number of hydrogen-bond acceptors (Lipinski definition) is 9. The first-order chi connectivity index (χ1) is 41.1. The Balaban J connectivity index is 0.000000174. The lowest BCUT2D eigenvalue weighted by Crippen LogP contribution is -2.41. The van der Waals surface area contributed by atoms with E-state index in [4.69, 9.17) is 44.1 Å². The number of aromatic hydroxyl groups is 1. The van der Waals surface area contributed by atoms with E-state index >= 15 is 0 Å². The van der Waals surface area contributed by atoms with Gasteiger partial charge in [-0.3, -0.25) is 0 Å². The summed E-state index contributed by atoms with van der Waals surface area (Å²) < 4.78 is 31.6. The number of aromatic carboxylic acids is 3. The fourth-order valence-corrected chi connectivity index (χ4v) is 15.0. The summed E-state index contributed by atoms with van der Waals surface area (Å²) in [7, 11) is 0. The predicted molar refractivity (Wildman–Crippen MR) is 368 cm³/mol. The van der Waals surface area contributed by atoms with Crippen molar-refractivity contribution in [2.24, 2.45) is 0 Å². The lowest BCUT2D eigenvalue weighted by molar-refractivity contribution is 0.0517. The molecule has 0 radical (unpaired) electrons. The molecule has 90 heavy (non-hydrogen) atoms. The van der Waals surface area contributed by atoms with Crippen molar-refractivity contribution in [2.45, 2.75) is 234 Å². The van der Waals surface area contributed by atoms with E-state index in [2.05, 4.69) is 201 Å². The summed E-state index contributed by atoms with van der Waals surface area (Å²) in [6, 6.07) is 29.8. The highest BCUT2D eigenvalue weighted by Gasteiger charge is 2.43. The smallest absolute Gasteiger partial charge is 0.335 e. The molecule has 5 aliphatic rings. The summed E-state index contributed by atoms with van der Waals surface area (Å²) in [6.45, 7) is 47.5. The Labute approximate surface area is 552 Å². The Bertz CT molecular complexity index is 3630. The lowest BCUT2D eigenvalue weighted by atomic mass is 9.73. The average molecular weight is 1360 g/mol. The Kier molecular flexibility index (Phi) is 21.4. The largest absolute Gasteiger partial charge is 0.508 e. The van der Waals surface area contributed by atoms with Gasteiger partial charge in [0.05, 0.1) is 27.8 Å². The second kappa shape index (κ2) is 26.6. The molecule has 488 valence electrons. The van der Waals surface area contributed by atoms with Crippen LogP contribution in [-0.2, 0) is 27.1 Å². The molecule has 12 nitrogen and oxygen atoms in total. The minimum Gasteiger partial charge on any atom is -0.508 e. The quantitative estimate of drug-likeness (QED) is 0.132. The van der Waals surface area contributed by atoms with Gasteiger partial charge in [-0.1, -0.05) is 122 Å². The van der Waals surface area contributed by atoms with Crippen LogP contribution in [0, 0.1) is 27.7 Å². The molecule has 11 rings (SSSR count). The number of fused-ring (bicyclic) bond motifs is 5. The second-order valence-electron chi connectivity index (χ2n) is 30.6. The fourth-order valence-electron chi connectivity index (χ4n) is 13.9. The van der Waals surface area contributed by atoms with Gasteiger partial charge in [0.15, 0.2) is 0 Å². The molecule has 14 heteroatoms. The van der Waals surface area contributed by atoms with E-state index in [1.165, 1.54) is 22.3 Å². The molecule has 0 spiro atoms. The van der Waals surface area contributed by atoms with Crippen LogP contribution >= 0.6 is 31.9 Å². The van der Waals surface area contributed by atoms with Gasteiger partial charge in [0, 0.05) is 32.3 Å². The highest BCUT2D eigenvalue weighted by molar-refractivity contribution is 9.10. The van der Waals surface area contributed by atoms with Crippen LogP contribution in [0.5, 0.6) is 34.5 Å². The molecule has 0 atom stereocenters. The monoisotopic (exact) mass is 1360 g/mol. The number of carboxylic acid groups (broad SMARTS) is 3. The van der Waals surface area contributed by atoms with Crippen LogP contribution in [0.2, 0.25) is 0 Å². The van der Waals surface area contributed by atoms with Crippen molar-refractivity contribution in [2.75, 3.05) is 6.61 Å². The molecule has 0 bridgehead atoms. The number of ether oxygens (including phenoxy) is 5. The van der Waals surface area contributed by atoms with Gasteiger partial charge in [-0.2, -0.15) is 0 Å². The summed E-state index contributed by atoms with van der Waals surface area (Å²) >= 11 is 6.93. The topological polar surface area (TPSA) is 178 Å². The molecule has 0 unspecified atom stereocenters. The molecular formula is C76H98Br2O12. The van der Waals surface area contributed by atoms with Crippen LogP contribution in [0.25, 0.3) is 0 Å². The fraction of sp³-hybridized carbons (Fsp3) is 0.487. The highest BCUT2D eigenvalue weighted by atomic mass is 79.9. The molecule has 0 saturated carbocycles. The van der Waals surface area contributed by atoms with Gasteiger partial charge < -0.3 is 44.1 Å². The van der Waals surface area contributed by atoms with E-state index in [1.807, 2.05) is 32.0 Å². The molecule has 5 heterocycles. The standard InChI is InChI=1S/C15H20O3.C14H19BrO.C14H18O3.C14H20O.C12H13BrO3.C7H8O/c1-9-6-10(13(16)17)7-11-12(9)18-15(4,5)8-14(11,2)3;1-9-6-10(15)7-11-12(9)16-14(4,5)8-13(11,2)3;1-13(2)8-14(3,4)17-11-6-5-9(12(15)16)7-10(11)13;1-10-7-6-8-11-12(10)15-14(4,5)9-13(11,2)3;1-12(2)3-4-16-10-8(12)5-7(11(14)15)6-9(10)13;1-6-4-2-3-5-7(6)8/h6-7H,8H2,1-5H3,(H,16,17);6-7H,8H2,1-5H3;5-7H,8H2,1-4H3,(H,15,16);6-8H,9H2,1-5H3;5-6H,3-4H2,1-2H3,(H,14,15);2-5,8H,1H3. The number of benzene rings is 6. The van der Waals surface area contributed by atoms with Crippen LogP contribution in [0.3, 0.4) is 0 Å². The van der Waals surface area contributed by atoms with Crippen LogP contribution in [0.15, 0.2) is 106 Å². The van der Waals surface area contributed by atoms with E-state index in [0.29, 0.717) is 29.0 Å². The van der Waals surface area contributed by atoms with E-state index in [9.17, 15) is 14.4 Å². The molecule has 0 fully saturated rings. The third kappa shape index (κ3) is 17.7. The van der Waals surface area contributed by atoms with Crippen molar-refractivity contribution >= 4 is 49.8 Å². The number of para-hydroxylation sites is 2. The Morgan fingerprint density at radius 3 is 1.27 bits per heavy atom. The van der Waals surface area contributed by atoms with E-state index in [0.717, 1.165) is 97.6 Å². The van der Waals surface area contributed by atoms with Gasteiger partial charge in [0.1, 0.15) is 56.9 Å². The molecule has 4 N–H and O–H groups in total. The Morgan fingerprint density at radius 2 is 0.789 bits per heavy atom. The maximum atomic E-state index is 11.1. The van der Waals surface area contributed by atoms with E-state index in [1.54, 1.807) is 48.5 Å². The zero-order valence-corrected chi connectivity index (χ0v) is 60.5. The van der Waals surface area contributed by atoms with Crippen molar-refractivity contribution in [1.29, 1.82) is 0 Å². The van der Waals surface area contributed by atoms with Crippen LogP contribution < -0.4 is 23.7 Å². The van der Waals surface area contributed by atoms with Gasteiger partial charge in [0.25, 0.3) is 0 Å². The number of carbonyl (C=O) groups is 3.